The van der Waals surface area contributed by atoms with Crippen molar-refractivity contribution in [3.8, 4) is 17.6 Å². The number of aliphatic hydroxyl groups is 1. The van der Waals surface area contributed by atoms with Crippen LogP contribution in [-0.4, -0.2) is 47.5 Å². The molecule has 4 rings (SSSR count). The molecular weight excluding hydrogens is 304 g/mol. The van der Waals surface area contributed by atoms with Gasteiger partial charge in [0.2, 0.25) is 0 Å². The van der Waals surface area contributed by atoms with Gasteiger partial charge in [-0.15, -0.1) is 0 Å². The maximum Gasteiger partial charge on any atom is 0.162 e. The van der Waals surface area contributed by atoms with E-state index in [1.807, 2.05) is 19.2 Å². The summed E-state index contributed by atoms with van der Waals surface area (Å²) < 4.78 is 5.29. The van der Waals surface area contributed by atoms with Crippen molar-refractivity contribution in [3.63, 3.8) is 0 Å². The molecule has 3 atom stereocenters. The number of likely N-dealkylation sites (N-methyl/N-ethyl adjacent to an activating group) is 1. The van der Waals surface area contributed by atoms with Crippen LogP contribution in [0.5, 0.6) is 11.5 Å². The van der Waals surface area contributed by atoms with E-state index in [9.17, 15) is 15.5 Å². The Kier molecular flexibility index (Phi) is 3.08. The Morgan fingerprint density at radius 3 is 2.92 bits per heavy atom. The number of ether oxygens (including phenoxy) is 1. The molecule has 0 amide bonds. The zero-order valence-corrected chi connectivity index (χ0v) is 13.8. The van der Waals surface area contributed by atoms with Gasteiger partial charge >= 0.3 is 0 Å². The third kappa shape index (κ3) is 1.65. The predicted octanol–water partition coefficient (Wildman–Crippen LogP) is 1.65. The molecule has 1 aliphatic heterocycles. The average molecular weight is 324 g/mol. The number of hydrogen-bond acceptors (Lipinski definition) is 5. The highest BCUT2D eigenvalue weighted by Crippen LogP contribution is 2.58. The predicted molar refractivity (Wildman–Crippen MR) is 88.9 cm³/mol. The van der Waals surface area contributed by atoms with Gasteiger partial charge in [-0.2, -0.15) is 5.26 Å². The SMILES string of the molecule is COc1ccc2c(c1O)[C@@]13C=C(C#N)C=C[C@@]1(O)[C@@H](C2)N(C)CC3. The van der Waals surface area contributed by atoms with Crippen LogP contribution in [0.3, 0.4) is 0 Å². The van der Waals surface area contributed by atoms with Crippen LogP contribution in [0.1, 0.15) is 17.5 Å². The molecule has 0 unspecified atom stereocenters. The molecule has 2 aliphatic carbocycles. The Morgan fingerprint density at radius 2 is 2.21 bits per heavy atom. The molecule has 0 radical (unpaired) electrons. The van der Waals surface area contributed by atoms with E-state index >= 15 is 0 Å². The lowest BCUT2D eigenvalue weighted by atomic mass is 9.52. The molecule has 1 aromatic carbocycles. The quantitative estimate of drug-likeness (QED) is 0.821. The molecule has 2 N–H and O–H groups in total. The third-order valence-corrected chi connectivity index (χ3v) is 5.97. The number of hydrogen-bond donors (Lipinski definition) is 2. The summed E-state index contributed by atoms with van der Waals surface area (Å²) >= 11 is 0. The number of rotatable bonds is 1. The Hall–Kier alpha value is -2.29. The maximum absolute atomic E-state index is 11.6. The van der Waals surface area contributed by atoms with E-state index < -0.39 is 11.0 Å². The second-order valence-electron chi connectivity index (χ2n) is 6.94. The van der Waals surface area contributed by atoms with E-state index in [0.717, 1.165) is 12.1 Å². The molecule has 0 spiro atoms. The lowest BCUT2D eigenvalue weighted by Gasteiger charge is -2.60. The molecule has 3 aliphatic rings. The fraction of sp³-hybridized carbons (Fsp3) is 0.421. The van der Waals surface area contributed by atoms with Gasteiger partial charge in [0.05, 0.1) is 18.6 Å². The highest BCUT2D eigenvalue weighted by atomic mass is 16.5. The standard InChI is InChI=1S/C19H20N2O3/c1-21-8-7-18-10-12(11-20)5-6-19(18,23)15(21)9-13-3-4-14(24-2)17(22)16(13)18/h3-6,10,15,22-23H,7-9H2,1-2H3/t15-,18-,19-/m1/s1. The van der Waals surface area contributed by atoms with Gasteiger partial charge in [-0.1, -0.05) is 12.1 Å². The molecule has 5 nitrogen and oxygen atoms in total. The number of nitrogens with zero attached hydrogens (tertiary/aromatic N) is 2. The summed E-state index contributed by atoms with van der Waals surface area (Å²) in [7, 11) is 3.53. The van der Waals surface area contributed by atoms with Crippen molar-refractivity contribution >= 4 is 0 Å². The minimum absolute atomic E-state index is 0.0697. The summed E-state index contributed by atoms with van der Waals surface area (Å²) in [6, 6.07) is 5.80. The van der Waals surface area contributed by atoms with Gasteiger partial charge in [0.15, 0.2) is 11.5 Å². The minimum Gasteiger partial charge on any atom is -0.504 e. The van der Waals surface area contributed by atoms with Gasteiger partial charge in [-0.25, -0.2) is 0 Å². The van der Waals surface area contributed by atoms with E-state index in [-0.39, 0.29) is 11.8 Å². The zero-order chi connectivity index (χ0) is 17.1. The molecule has 1 aromatic rings. The fourth-order valence-electron chi connectivity index (χ4n) is 4.75. The van der Waals surface area contributed by atoms with Gasteiger partial charge in [-0.05, 0) is 50.2 Å². The summed E-state index contributed by atoms with van der Waals surface area (Å²) in [5.41, 5.74) is 0.245. The van der Waals surface area contributed by atoms with Crippen LogP contribution >= 0.6 is 0 Å². The number of fused-ring (bicyclic) bond motifs is 1. The number of piperidine rings is 1. The highest BCUT2D eigenvalue weighted by molar-refractivity contribution is 5.63. The molecule has 0 aromatic heterocycles. The first-order chi connectivity index (χ1) is 11.5. The largest absolute Gasteiger partial charge is 0.504 e. The number of methoxy groups -OCH3 is 1. The Labute approximate surface area is 141 Å². The average Bonchev–Trinajstić information content (AvgIpc) is 2.57. The summed E-state index contributed by atoms with van der Waals surface area (Å²) in [6.07, 6.45) is 6.53. The van der Waals surface area contributed by atoms with Crippen LogP contribution in [0, 0.1) is 11.3 Å². The second-order valence-corrected chi connectivity index (χ2v) is 6.94. The van der Waals surface area contributed by atoms with Gasteiger partial charge < -0.3 is 14.9 Å². The smallest absolute Gasteiger partial charge is 0.162 e. The van der Waals surface area contributed by atoms with Crippen molar-refractivity contribution in [1.82, 2.24) is 4.90 Å². The lowest BCUT2D eigenvalue weighted by Crippen LogP contribution is -2.70. The molecule has 0 saturated carbocycles. The topological polar surface area (TPSA) is 76.7 Å². The first kappa shape index (κ1) is 15.3. The Bertz CT molecular complexity index is 823. The Morgan fingerprint density at radius 1 is 1.42 bits per heavy atom. The monoisotopic (exact) mass is 324 g/mol. The van der Waals surface area contributed by atoms with Crippen molar-refractivity contribution in [2.45, 2.75) is 29.9 Å². The van der Waals surface area contributed by atoms with Crippen molar-refractivity contribution in [2.75, 3.05) is 20.7 Å². The van der Waals surface area contributed by atoms with Crippen LogP contribution in [0.15, 0.2) is 35.9 Å². The van der Waals surface area contributed by atoms with Gasteiger partial charge in [0.1, 0.15) is 5.60 Å². The number of aromatic hydroxyl groups is 1. The van der Waals surface area contributed by atoms with Crippen LogP contribution in [-0.2, 0) is 11.8 Å². The van der Waals surface area contributed by atoms with Crippen LogP contribution < -0.4 is 4.74 Å². The molecule has 1 heterocycles. The van der Waals surface area contributed by atoms with Gasteiger partial charge in [-0.3, -0.25) is 4.90 Å². The van der Waals surface area contributed by atoms with E-state index in [0.29, 0.717) is 29.7 Å². The maximum atomic E-state index is 11.6. The number of phenols is 1. The first-order valence-electron chi connectivity index (χ1n) is 8.11. The molecule has 5 heteroatoms. The Balaban J connectivity index is 2.07. The zero-order valence-electron chi connectivity index (χ0n) is 13.8. The second kappa shape index (κ2) is 4.85. The number of benzene rings is 1. The number of phenolic OH excluding ortho intramolecular Hbond substituents is 1. The van der Waals surface area contributed by atoms with E-state index in [1.54, 1.807) is 18.2 Å². The first-order valence-corrected chi connectivity index (χ1v) is 8.11. The van der Waals surface area contributed by atoms with Crippen LogP contribution in [0.4, 0.5) is 0 Å². The summed E-state index contributed by atoms with van der Waals surface area (Å²) in [6.45, 7) is 0.784. The number of nitriles is 1. The summed E-state index contributed by atoms with van der Waals surface area (Å²) in [5.74, 6) is 0.463. The van der Waals surface area contributed by atoms with Gasteiger partial charge in [0, 0.05) is 17.2 Å². The van der Waals surface area contributed by atoms with Crippen molar-refractivity contribution < 1.29 is 14.9 Å². The highest BCUT2D eigenvalue weighted by Gasteiger charge is 2.62. The van der Waals surface area contributed by atoms with Crippen molar-refractivity contribution in [2.24, 2.45) is 0 Å². The van der Waals surface area contributed by atoms with Crippen LogP contribution in [0.2, 0.25) is 0 Å². The van der Waals surface area contributed by atoms with Crippen molar-refractivity contribution in [1.29, 1.82) is 5.26 Å². The van der Waals surface area contributed by atoms with E-state index in [4.69, 9.17) is 4.74 Å². The molecule has 2 bridgehead atoms. The van der Waals surface area contributed by atoms with Crippen LogP contribution in [0.25, 0.3) is 0 Å². The van der Waals surface area contributed by atoms with Crippen molar-refractivity contribution in [3.05, 3.63) is 47.1 Å². The molecule has 124 valence electrons. The third-order valence-electron chi connectivity index (χ3n) is 5.97. The normalized spacial score (nSPS) is 33.9. The van der Waals surface area contributed by atoms with Gasteiger partial charge in [0.25, 0.3) is 0 Å². The molecule has 1 fully saturated rings. The molecule has 24 heavy (non-hydrogen) atoms. The lowest BCUT2D eigenvalue weighted by molar-refractivity contribution is -0.0909. The minimum atomic E-state index is -1.16. The van der Waals surface area contributed by atoms with E-state index in [1.165, 1.54) is 7.11 Å². The van der Waals surface area contributed by atoms with E-state index in [2.05, 4.69) is 11.0 Å². The fourth-order valence-corrected chi connectivity index (χ4v) is 4.75. The molecular formula is C19H20N2O3. The summed E-state index contributed by atoms with van der Waals surface area (Å²) in [4.78, 5) is 2.16. The summed E-state index contributed by atoms with van der Waals surface area (Å²) in [5, 5.41) is 31.9. The number of likely N-dealkylation sites (tertiary alicyclic amines) is 1. The number of allylic oxidation sites excluding steroid dienone is 2. The molecule has 1 saturated heterocycles.